The predicted octanol–water partition coefficient (Wildman–Crippen LogP) is 3.67. The van der Waals surface area contributed by atoms with E-state index < -0.39 is 0 Å². The van der Waals surface area contributed by atoms with Crippen LogP contribution >= 0.6 is 11.3 Å². The molecule has 7 nitrogen and oxygen atoms in total. The summed E-state index contributed by atoms with van der Waals surface area (Å²) in [6, 6.07) is 19.2. The Labute approximate surface area is 185 Å². The molecule has 0 saturated carbocycles. The van der Waals surface area contributed by atoms with E-state index in [1.165, 1.54) is 16.9 Å². The van der Waals surface area contributed by atoms with Gasteiger partial charge in [-0.05, 0) is 17.7 Å². The highest BCUT2D eigenvalue weighted by Crippen LogP contribution is 2.18. The second-order valence-electron chi connectivity index (χ2n) is 7.41. The SMILES string of the molecule is O=C(Nc1ccccc1)Nc1nc(CC(=O)N2CCN(Cc3ccccc3)CC2)cs1. The lowest BCUT2D eigenvalue weighted by atomic mass is 10.2. The van der Waals surface area contributed by atoms with Crippen LogP contribution in [0.3, 0.4) is 0 Å². The standard InChI is InChI=1S/C23H25N5O2S/c29-21(28-13-11-27(12-14-28)16-18-7-3-1-4-8-18)15-20-17-31-23(25-20)26-22(30)24-19-9-5-2-6-10-19/h1-10,17H,11-16H2,(H2,24,25,26,30). The summed E-state index contributed by atoms with van der Waals surface area (Å²) >= 11 is 1.32. The Morgan fingerprint density at radius 2 is 1.58 bits per heavy atom. The largest absolute Gasteiger partial charge is 0.340 e. The van der Waals surface area contributed by atoms with E-state index in [2.05, 4.69) is 44.8 Å². The number of nitrogens with one attached hydrogen (secondary N) is 2. The number of aromatic nitrogens is 1. The average Bonchev–Trinajstić information content (AvgIpc) is 3.22. The van der Waals surface area contributed by atoms with Crippen molar-refractivity contribution >= 4 is 34.1 Å². The quantitative estimate of drug-likeness (QED) is 0.619. The molecule has 0 radical (unpaired) electrons. The lowest BCUT2D eigenvalue weighted by Gasteiger charge is -2.34. The number of para-hydroxylation sites is 1. The maximum atomic E-state index is 12.7. The van der Waals surface area contributed by atoms with E-state index in [1.54, 1.807) is 0 Å². The minimum Gasteiger partial charge on any atom is -0.340 e. The number of urea groups is 1. The molecule has 0 spiro atoms. The summed E-state index contributed by atoms with van der Waals surface area (Å²) in [5, 5.41) is 7.77. The van der Waals surface area contributed by atoms with Crippen LogP contribution in [0.5, 0.6) is 0 Å². The third-order valence-electron chi connectivity index (χ3n) is 5.11. The van der Waals surface area contributed by atoms with Gasteiger partial charge in [-0.15, -0.1) is 11.3 Å². The number of nitrogens with zero attached hydrogens (tertiary/aromatic N) is 3. The molecule has 1 aliphatic rings. The van der Waals surface area contributed by atoms with Gasteiger partial charge in [0, 0.05) is 43.8 Å². The summed E-state index contributed by atoms with van der Waals surface area (Å²) in [5.41, 5.74) is 2.68. The maximum Gasteiger partial charge on any atom is 0.325 e. The zero-order chi connectivity index (χ0) is 21.5. The minimum atomic E-state index is -0.354. The molecule has 160 valence electrons. The summed E-state index contributed by atoms with van der Waals surface area (Å²) in [4.78, 5) is 33.4. The Morgan fingerprint density at radius 1 is 0.903 bits per heavy atom. The first-order valence-corrected chi connectivity index (χ1v) is 11.2. The molecule has 0 unspecified atom stereocenters. The van der Waals surface area contributed by atoms with Crippen LogP contribution in [0.15, 0.2) is 66.0 Å². The smallest absolute Gasteiger partial charge is 0.325 e. The summed E-state index contributed by atoms with van der Waals surface area (Å²) in [5.74, 6) is 0.0740. The van der Waals surface area contributed by atoms with Gasteiger partial charge in [0.25, 0.3) is 0 Å². The highest BCUT2D eigenvalue weighted by Gasteiger charge is 2.22. The topological polar surface area (TPSA) is 77.6 Å². The summed E-state index contributed by atoms with van der Waals surface area (Å²) in [6.07, 6.45) is 0.247. The number of benzene rings is 2. The maximum absolute atomic E-state index is 12.7. The Kier molecular flexibility index (Phi) is 6.91. The Balaban J connectivity index is 1.22. The fourth-order valence-corrected chi connectivity index (χ4v) is 4.20. The Hall–Kier alpha value is -3.23. The van der Waals surface area contributed by atoms with Gasteiger partial charge in [0.1, 0.15) is 0 Å². The van der Waals surface area contributed by atoms with Crippen LogP contribution in [0.4, 0.5) is 15.6 Å². The average molecular weight is 436 g/mol. The first kappa shape index (κ1) is 21.0. The molecule has 4 rings (SSSR count). The van der Waals surface area contributed by atoms with E-state index in [4.69, 9.17) is 0 Å². The lowest BCUT2D eigenvalue weighted by molar-refractivity contribution is -0.132. The van der Waals surface area contributed by atoms with Gasteiger partial charge in [-0.1, -0.05) is 48.5 Å². The van der Waals surface area contributed by atoms with Gasteiger partial charge in [-0.25, -0.2) is 9.78 Å². The van der Waals surface area contributed by atoms with E-state index in [0.717, 1.165) is 32.7 Å². The third-order valence-corrected chi connectivity index (χ3v) is 5.92. The molecule has 3 aromatic rings. The molecule has 31 heavy (non-hydrogen) atoms. The van der Waals surface area contributed by atoms with Crippen molar-refractivity contribution in [2.75, 3.05) is 36.8 Å². The number of anilines is 2. The fraction of sp³-hybridized carbons (Fsp3) is 0.261. The molecule has 2 N–H and O–H groups in total. The van der Waals surface area contributed by atoms with Gasteiger partial charge in [-0.3, -0.25) is 15.0 Å². The molecular formula is C23H25N5O2S. The van der Waals surface area contributed by atoms with Crippen LogP contribution in [0, 0.1) is 0 Å². The summed E-state index contributed by atoms with van der Waals surface area (Å²) < 4.78 is 0. The molecule has 8 heteroatoms. The van der Waals surface area contributed by atoms with Crippen LogP contribution in [0.1, 0.15) is 11.3 Å². The third kappa shape index (κ3) is 6.13. The van der Waals surface area contributed by atoms with Crippen molar-refractivity contribution in [3.63, 3.8) is 0 Å². The number of hydrogen-bond donors (Lipinski definition) is 2. The molecule has 0 atom stereocenters. The van der Waals surface area contributed by atoms with Crippen molar-refractivity contribution < 1.29 is 9.59 Å². The molecule has 1 aliphatic heterocycles. The molecule has 2 aromatic carbocycles. The minimum absolute atomic E-state index is 0.0740. The molecule has 0 aliphatic carbocycles. The van der Waals surface area contributed by atoms with Crippen LogP contribution in [0.25, 0.3) is 0 Å². The van der Waals surface area contributed by atoms with E-state index in [9.17, 15) is 9.59 Å². The highest BCUT2D eigenvalue weighted by atomic mass is 32.1. The van der Waals surface area contributed by atoms with Crippen LogP contribution < -0.4 is 10.6 Å². The molecule has 2 heterocycles. The summed E-state index contributed by atoms with van der Waals surface area (Å²) in [6.45, 7) is 4.09. The number of carbonyl (C=O) groups excluding carboxylic acids is 2. The van der Waals surface area contributed by atoms with Crippen molar-refractivity contribution in [1.29, 1.82) is 0 Å². The van der Waals surface area contributed by atoms with E-state index in [-0.39, 0.29) is 18.4 Å². The molecule has 0 bridgehead atoms. The van der Waals surface area contributed by atoms with Crippen molar-refractivity contribution in [3.05, 3.63) is 77.3 Å². The van der Waals surface area contributed by atoms with E-state index in [0.29, 0.717) is 16.5 Å². The van der Waals surface area contributed by atoms with Gasteiger partial charge in [0.05, 0.1) is 12.1 Å². The van der Waals surface area contributed by atoms with Crippen LogP contribution in [0.2, 0.25) is 0 Å². The molecule has 3 amide bonds. The normalized spacial score (nSPS) is 14.3. The van der Waals surface area contributed by atoms with Crippen molar-refractivity contribution in [2.45, 2.75) is 13.0 Å². The van der Waals surface area contributed by atoms with Gasteiger partial charge < -0.3 is 10.2 Å². The van der Waals surface area contributed by atoms with Crippen LogP contribution in [-0.4, -0.2) is 52.9 Å². The number of rotatable bonds is 6. The lowest BCUT2D eigenvalue weighted by Crippen LogP contribution is -2.48. The number of carbonyl (C=O) groups is 2. The second kappa shape index (κ2) is 10.2. The molecule has 1 fully saturated rings. The Morgan fingerprint density at radius 3 is 2.29 bits per heavy atom. The molecule has 1 aromatic heterocycles. The fourth-order valence-electron chi connectivity index (χ4n) is 3.49. The zero-order valence-corrected chi connectivity index (χ0v) is 18.0. The monoisotopic (exact) mass is 435 g/mol. The molecule has 1 saturated heterocycles. The van der Waals surface area contributed by atoms with Crippen molar-refractivity contribution in [1.82, 2.24) is 14.8 Å². The second-order valence-corrected chi connectivity index (χ2v) is 8.27. The number of thiazole rings is 1. The molecular weight excluding hydrogens is 410 g/mol. The first-order valence-electron chi connectivity index (χ1n) is 10.3. The Bertz CT molecular complexity index is 1000. The number of piperazine rings is 1. The van der Waals surface area contributed by atoms with Crippen molar-refractivity contribution in [3.8, 4) is 0 Å². The van der Waals surface area contributed by atoms with E-state index >= 15 is 0 Å². The summed E-state index contributed by atoms with van der Waals surface area (Å²) in [7, 11) is 0. The zero-order valence-electron chi connectivity index (χ0n) is 17.2. The van der Waals surface area contributed by atoms with Crippen LogP contribution in [-0.2, 0) is 17.8 Å². The first-order chi connectivity index (χ1) is 15.2. The highest BCUT2D eigenvalue weighted by molar-refractivity contribution is 7.14. The van der Waals surface area contributed by atoms with Gasteiger partial charge in [-0.2, -0.15) is 0 Å². The number of amides is 3. The van der Waals surface area contributed by atoms with Gasteiger partial charge in [0.2, 0.25) is 5.91 Å². The number of hydrogen-bond acceptors (Lipinski definition) is 5. The van der Waals surface area contributed by atoms with Gasteiger partial charge in [0.15, 0.2) is 5.13 Å². The predicted molar refractivity (Wildman–Crippen MR) is 123 cm³/mol. The van der Waals surface area contributed by atoms with Crippen molar-refractivity contribution in [2.24, 2.45) is 0 Å². The van der Waals surface area contributed by atoms with E-state index in [1.807, 2.05) is 46.7 Å². The van der Waals surface area contributed by atoms with Gasteiger partial charge >= 0.3 is 6.03 Å².